The third-order valence-corrected chi connectivity index (χ3v) is 2.99. The van der Waals surface area contributed by atoms with E-state index in [0.29, 0.717) is 29.5 Å². The van der Waals surface area contributed by atoms with Crippen LogP contribution in [0.5, 0.6) is 0 Å². The van der Waals surface area contributed by atoms with Crippen LogP contribution in [0.4, 0.5) is 5.82 Å². The lowest BCUT2D eigenvalue weighted by molar-refractivity contribution is -0.114. The first kappa shape index (κ1) is 14.7. The molecule has 2 aromatic heterocycles. The van der Waals surface area contributed by atoms with E-state index in [1.54, 1.807) is 18.1 Å². The Bertz CT molecular complexity index is 601. The maximum Gasteiger partial charge on any atom is 0.222 e. The topological polar surface area (TPSA) is 81.9 Å². The number of rotatable bonds is 6. The monoisotopic (exact) mass is 295 g/mol. The maximum absolute atomic E-state index is 11.1. The number of aromatic nitrogens is 4. The number of anilines is 1. The van der Waals surface area contributed by atoms with Crippen LogP contribution in [0, 0.1) is 0 Å². The second-order valence-corrected chi connectivity index (χ2v) is 5.17. The molecule has 2 rings (SSSR count). The Morgan fingerprint density at radius 2 is 2.30 bits per heavy atom. The van der Waals surface area contributed by atoms with Crippen LogP contribution in [0.3, 0.4) is 0 Å². The smallest absolute Gasteiger partial charge is 0.222 e. The number of thioether (sulfide) groups is 1. The van der Waals surface area contributed by atoms with Crippen LogP contribution >= 0.6 is 11.8 Å². The van der Waals surface area contributed by atoms with E-state index in [9.17, 15) is 4.79 Å². The summed E-state index contributed by atoms with van der Waals surface area (Å²) in [5, 5.41) is 2.65. The molecule has 2 aromatic rings. The molecule has 2 heterocycles. The van der Waals surface area contributed by atoms with Crippen LogP contribution in [-0.2, 0) is 16.1 Å². The summed E-state index contributed by atoms with van der Waals surface area (Å²) < 4.78 is 7.51. The number of imidazole rings is 1. The van der Waals surface area contributed by atoms with Crippen molar-refractivity contribution in [1.82, 2.24) is 19.5 Å². The van der Waals surface area contributed by atoms with Gasteiger partial charge in [0.15, 0.2) is 17.0 Å². The van der Waals surface area contributed by atoms with Gasteiger partial charge < -0.3 is 14.6 Å². The predicted molar refractivity (Wildman–Crippen MR) is 78.6 cm³/mol. The molecule has 20 heavy (non-hydrogen) atoms. The third-order valence-electron chi connectivity index (χ3n) is 2.62. The summed E-state index contributed by atoms with van der Waals surface area (Å²) in [5.41, 5.74) is 1.27. The van der Waals surface area contributed by atoms with Crippen LogP contribution in [-0.4, -0.2) is 43.7 Å². The van der Waals surface area contributed by atoms with E-state index in [1.807, 2.05) is 17.7 Å². The van der Waals surface area contributed by atoms with Gasteiger partial charge in [-0.25, -0.2) is 15.0 Å². The van der Waals surface area contributed by atoms with Gasteiger partial charge in [-0.2, -0.15) is 0 Å². The van der Waals surface area contributed by atoms with Crippen molar-refractivity contribution in [2.24, 2.45) is 0 Å². The lowest BCUT2D eigenvalue weighted by atomic mass is 10.4. The minimum absolute atomic E-state index is 0.0547. The molecule has 0 bridgehead atoms. The number of ether oxygens (including phenoxy) is 1. The van der Waals surface area contributed by atoms with Gasteiger partial charge in [0.1, 0.15) is 6.33 Å². The van der Waals surface area contributed by atoms with Crippen molar-refractivity contribution in [3.8, 4) is 0 Å². The fraction of sp³-hybridized carbons (Fsp3) is 0.500. The van der Waals surface area contributed by atoms with Gasteiger partial charge in [0, 0.05) is 6.92 Å². The molecule has 0 aromatic carbocycles. The van der Waals surface area contributed by atoms with Gasteiger partial charge in [-0.1, -0.05) is 0 Å². The standard InChI is InChI=1S/C12H17N5O2S/c1-8(19-7-20-3)4-17-6-15-10-11(16-9(2)18)13-5-14-12(10)17/h5-6,8H,4,7H2,1-3H3,(H,13,14,16,18). The maximum atomic E-state index is 11.1. The number of hydrogen-bond donors (Lipinski definition) is 1. The number of carbonyl (C=O) groups excluding carboxylic acids is 1. The molecule has 0 aliphatic carbocycles. The fourth-order valence-corrected chi connectivity index (χ4v) is 2.15. The summed E-state index contributed by atoms with van der Waals surface area (Å²) in [6.07, 6.45) is 5.15. The highest BCUT2D eigenvalue weighted by Crippen LogP contribution is 2.17. The van der Waals surface area contributed by atoms with Crippen molar-refractivity contribution >= 4 is 34.7 Å². The molecule has 0 aliphatic heterocycles. The molecule has 0 saturated carbocycles. The van der Waals surface area contributed by atoms with E-state index in [0.717, 1.165) is 0 Å². The van der Waals surface area contributed by atoms with Gasteiger partial charge in [-0.3, -0.25) is 4.79 Å². The van der Waals surface area contributed by atoms with Gasteiger partial charge in [0.05, 0.1) is 24.9 Å². The zero-order valence-corrected chi connectivity index (χ0v) is 12.5. The molecule has 1 atom stereocenters. The van der Waals surface area contributed by atoms with E-state index >= 15 is 0 Å². The first-order chi connectivity index (χ1) is 9.61. The van der Waals surface area contributed by atoms with Crippen LogP contribution in [0.1, 0.15) is 13.8 Å². The van der Waals surface area contributed by atoms with E-state index < -0.39 is 0 Å². The predicted octanol–water partition coefficient (Wildman–Crippen LogP) is 1.51. The van der Waals surface area contributed by atoms with Crippen LogP contribution in [0.2, 0.25) is 0 Å². The van der Waals surface area contributed by atoms with Gasteiger partial charge >= 0.3 is 0 Å². The Labute approximate surface area is 121 Å². The Balaban J connectivity index is 2.21. The molecule has 0 saturated heterocycles. The largest absolute Gasteiger partial charge is 0.366 e. The van der Waals surface area contributed by atoms with Crippen molar-refractivity contribution in [1.29, 1.82) is 0 Å². The van der Waals surface area contributed by atoms with Crippen molar-refractivity contribution in [2.75, 3.05) is 17.5 Å². The van der Waals surface area contributed by atoms with E-state index in [4.69, 9.17) is 4.74 Å². The molecule has 0 fully saturated rings. The second-order valence-electron chi connectivity index (χ2n) is 4.36. The first-order valence-corrected chi connectivity index (χ1v) is 7.55. The minimum atomic E-state index is -0.184. The molecule has 7 nitrogen and oxygen atoms in total. The van der Waals surface area contributed by atoms with E-state index in [1.165, 1.54) is 13.3 Å². The molecule has 1 unspecified atom stereocenters. The van der Waals surface area contributed by atoms with Gasteiger partial charge in [0.2, 0.25) is 5.91 Å². The lowest BCUT2D eigenvalue weighted by Gasteiger charge is -2.13. The van der Waals surface area contributed by atoms with E-state index in [-0.39, 0.29) is 12.0 Å². The first-order valence-electron chi connectivity index (χ1n) is 6.15. The zero-order chi connectivity index (χ0) is 14.5. The van der Waals surface area contributed by atoms with Crippen molar-refractivity contribution in [3.05, 3.63) is 12.7 Å². The fourth-order valence-electron chi connectivity index (χ4n) is 1.79. The summed E-state index contributed by atoms with van der Waals surface area (Å²) in [6, 6.07) is 0. The highest BCUT2D eigenvalue weighted by atomic mass is 32.2. The van der Waals surface area contributed by atoms with Gasteiger partial charge in [0.25, 0.3) is 0 Å². The molecule has 0 aliphatic rings. The molecular formula is C12H17N5O2S. The average Bonchev–Trinajstić information content (AvgIpc) is 2.80. The lowest BCUT2D eigenvalue weighted by Crippen LogP contribution is -2.16. The highest BCUT2D eigenvalue weighted by molar-refractivity contribution is 7.98. The Morgan fingerprint density at radius 3 is 3.00 bits per heavy atom. The van der Waals surface area contributed by atoms with Gasteiger partial charge in [-0.05, 0) is 13.2 Å². The van der Waals surface area contributed by atoms with Gasteiger partial charge in [-0.15, -0.1) is 11.8 Å². The molecular weight excluding hydrogens is 278 g/mol. The molecule has 0 radical (unpaired) electrons. The van der Waals surface area contributed by atoms with Crippen molar-refractivity contribution < 1.29 is 9.53 Å². The summed E-state index contributed by atoms with van der Waals surface area (Å²) in [5.74, 6) is 0.898. The zero-order valence-electron chi connectivity index (χ0n) is 11.7. The van der Waals surface area contributed by atoms with E-state index in [2.05, 4.69) is 20.3 Å². The van der Waals surface area contributed by atoms with Crippen LogP contribution in [0.15, 0.2) is 12.7 Å². The number of carbonyl (C=O) groups is 1. The number of amides is 1. The molecule has 8 heteroatoms. The minimum Gasteiger partial charge on any atom is -0.366 e. The normalized spacial score (nSPS) is 12.6. The van der Waals surface area contributed by atoms with Crippen LogP contribution in [0.25, 0.3) is 11.2 Å². The number of nitrogens with zero attached hydrogens (tertiary/aromatic N) is 4. The highest BCUT2D eigenvalue weighted by Gasteiger charge is 2.12. The Kier molecular flexibility index (Phi) is 4.91. The molecule has 1 amide bonds. The summed E-state index contributed by atoms with van der Waals surface area (Å²) in [6.45, 7) is 4.08. The number of hydrogen-bond acceptors (Lipinski definition) is 6. The Hall–Kier alpha value is -1.67. The van der Waals surface area contributed by atoms with Crippen molar-refractivity contribution in [3.63, 3.8) is 0 Å². The summed E-state index contributed by atoms with van der Waals surface area (Å²) in [7, 11) is 0. The van der Waals surface area contributed by atoms with Crippen LogP contribution < -0.4 is 5.32 Å². The summed E-state index contributed by atoms with van der Waals surface area (Å²) in [4.78, 5) is 23.7. The summed E-state index contributed by atoms with van der Waals surface area (Å²) >= 11 is 1.64. The quantitative estimate of drug-likeness (QED) is 0.813. The second kappa shape index (κ2) is 6.67. The third kappa shape index (κ3) is 3.45. The molecule has 0 spiro atoms. The average molecular weight is 295 g/mol. The number of nitrogens with one attached hydrogen (secondary N) is 1. The Morgan fingerprint density at radius 1 is 1.50 bits per heavy atom. The number of fused-ring (bicyclic) bond motifs is 1. The molecule has 108 valence electrons. The van der Waals surface area contributed by atoms with Crippen molar-refractivity contribution in [2.45, 2.75) is 26.5 Å². The molecule has 1 N–H and O–H groups in total. The SMILES string of the molecule is CSCOC(C)Cn1cnc2c(NC(C)=O)ncnc21.